The van der Waals surface area contributed by atoms with E-state index in [1.54, 1.807) is 15.6 Å². The Labute approximate surface area is 147 Å². The van der Waals surface area contributed by atoms with E-state index in [4.69, 9.17) is 0 Å². The molecule has 4 rings (SSSR count). The van der Waals surface area contributed by atoms with Crippen LogP contribution in [-0.4, -0.2) is 14.8 Å². The third-order valence-electron chi connectivity index (χ3n) is 5.11. The van der Waals surface area contributed by atoms with Gasteiger partial charge in [0.15, 0.2) is 6.69 Å². The smallest absolute Gasteiger partial charge is 0.121 e. The topological polar surface area (TPSA) is 0 Å². The zero-order chi connectivity index (χ0) is 15.8. The second-order valence-corrected chi connectivity index (χ2v) is 19.7. The lowest BCUT2D eigenvalue weighted by Gasteiger charge is -2.51. The Balaban J connectivity index is 1.77. The van der Waals surface area contributed by atoms with Gasteiger partial charge >= 0.3 is 0 Å². The van der Waals surface area contributed by atoms with Crippen LogP contribution in [0, 0.1) is 0 Å². The van der Waals surface area contributed by atoms with E-state index in [-0.39, 0.29) is 0 Å². The van der Waals surface area contributed by atoms with Crippen molar-refractivity contribution in [1.29, 1.82) is 0 Å². The van der Waals surface area contributed by atoms with Crippen LogP contribution in [0.15, 0.2) is 91.0 Å². The Hall–Kier alpha value is -1.43. The Morgan fingerprint density at radius 2 is 0.870 bits per heavy atom. The Morgan fingerprint density at radius 3 is 1.26 bits per heavy atom. The Bertz CT molecular complexity index is 740. The summed E-state index contributed by atoms with van der Waals surface area (Å²) in [6.45, 7) is -1.50. The molecule has 1 fully saturated rings. The molecule has 1 aliphatic rings. The third-order valence-corrected chi connectivity index (χ3v) is 25.1. The predicted molar refractivity (Wildman–Crippen MR) is 108 cm³/mol. The van der Waals surface area contributed by atoms with Crippen LogP contribution < -0.4 is 15.6 Å². The van der Waals surface area contributed by atoms with Crippen LogP contribution in [0.2, 0.25) is 11.3 Å². The number of benzene rings is 3. The summed E-state index contributed by atoms with van der Waals surface area (Å²) >= 11 is 4.22. The highest BCUT2D eigenvalue weighted by Crippen LogP contribution is 2.43. The van der Waals surface area contributed by atoms with E-state index in [2.05, 4.69) is 106 Å². The van der Waals surface area contributed by atoms with E-state index in [1.807, 2.05) is 0 Å². The third kappa shape index (κ3) is 2.57. The van der Waals surface area contributed by atoms with Crippen molar-refractivity contribution in [3.05, 3.63) is 91.0 Å². The molecule has 0 bridgehead atoms. The standard InChI is InChI=1S/C20H19BrSi2/c21-23(20-14-8-3-9-15-20)16-22(17-23,18-10-4-1-5-11-18)19-12-6-2-7-13-19/h1-15H,16-17H2. The van der Waals surface area contributed by atoms with E-state index in [9.17, 15) is 0 Å². The molecule has 3 aromatic rings. The lowest BCUT2D eigenvalue weighted by Crippen LogP contribution is -2.76. The van der Waals surface area contributed by atoms with Gasteiger partial charge < -0.3 is 0 Å². The molecular weight excluding hydrogens is 376 g/mol. The highest BCUT2D eigenvalue weighted by atomic mass is 79.9. The molecule has 0 saturated carbocycles. The first-order valence-electron chi connectivity index (χ1n) is 8.09. The largest absolute Gasteiger partial charge is 0.156 e. The molecule has 0 nitrogen and oxygen atoms in total. The molecule has 23 heavy (non-hydrogen) atoms. The summed E-state index contributed by atoms with van der Waals surface area (Å²) in [6, 6.07) is 33.6. The van der Waals surface area contributed by atoms with Gasteiger partial charge in [-0.05, 0) is 16.5 Å². The molecule has 0 radical (unpaired) electrons. The minimum atomic E-state index is -1.60. The second kappa shape index (κ2) is 5.89. The average Bonchev–Trinajstić information content (AvgIpc) is 2.61. The highest BCUT2D eigenvalue weighted by molar-refractivity contribution is 9.26. The first kappa shape index (κ1) is 15.1. The molecule has 0 aromatic heterocycles. The van der Waals surface area contributed by atoms with Gasteiger partial charge in [0.1, 0.15) is 8.07 Å². The van der Waals surface area contributed by atoms with Gasteiger partial charge in [0.25, 0.3) is 0 Å². The van der Waals surface area contributed by atoms with Gasteiger partial charge in [0.2, 0.25) is 0 Å². The van der Waals surface area contributed by atoms with E-state index >= 15 is 0 Å². The lowest BCUT2D eigenvalue weighted by atomic mass is 10.4. The molecule has 0 unspecified atom stereocenters. The van der Waals surface area contributed by atoms with E-state index in [0.29, 0.717) is 0 Å². The van der Waals surface area contributed by atoms with Crippen molar-refractivity contribution in [2.75, 3.05) is 0 Å². The van der Waals surface area contributed by atoms with Crippen molar-refractivity contribution in [2.24, 2.45) is 0 Å². The summed E-state index contributed by atoms with van der Waals surface area (Å²) in [6.07, 6.45) is 0. The molecular formula is C20H19BrSi2. The highest BCUT2D eigenvalue weighted by Gasteiger charge is 2.59. The van der Waals surface area contributed by atoms with Crippen molar-refractivity contribution in [2.45, 2.75) is 11.3 Å². The minimum Gasteiger partial charge on any atom is -0.121 e. The van der Waals surface area contributed by atoms with Crippen molar-refractivity contribution in [3.63, 3.8) is 0 Å². The fraction of sp³-hybridized carbons (Fsp3) is 0.100. The normalized spacial score (nSPS) is 18.1. The monoisotopic (exact) mass is 394 g/mol. The van der Waals surface area contributed by atoms with Crippen LogP contribution >= 0.6 is 15.3 Å². The summed E-state index contributed by atoms with van der Waals surface area (Å²) in [4.78, 5) is 0. The van der Waals surface area contributed by atoms with Crippen LogP contribution in [0.4, 0.5) is 0 Å². The van der Waals surface area contributed by atoms with E-state index in [1.165, 1.54) is 11.3 Å². The Kier molecular flexibility index (Phi) is 3.87. The molecule has 0 spiro atoms. The van der Waals surface area contributed by atoms with Crippen LogP contribution in [-0.2, 0) is 0 Å². The molecule has 1 heterocycles. The van der Waals surface area contributed by atoms with Crippen LogP contribution in [0.5, 0.6) is 0 Å². The number of rotatable bonds is 3. The summed E-state index contributed by atoms with van der Waals surface area (Å²) < 4.78 is 0. The summed E-state index contributed by atoms with van der Waals surface area (Å²) in [7, 11) is -1.60. The maximum atomic E-state index is 4.22. The van der Waals surface area contributed by atoms with Gasteiger partial charge in [0, 0.05) is 0 Å². The molecule has 0 N–H and O–H groups in total. The van der Waals surface area contributed by atoms with Gasteiger partial charge in [-0.3, -0.25) is 0 Å². The van der Waals surface area contributed by atoms with Gasteiger partial charge in [-0.2, -0.15) is 0 Å². The van der Waals surface area contributed by atoms with Crippen LogP contribution in [0.3, 0.4) is 0 Å². The van der Waals surface area contributed by atoms with E-state index < -0.39 is 14.8 Å². The maximum Gasteiger partial charge on any atom is 0.156 e. The van der Waals surface area contributed by atoms with Gasteiger partial charge in [-0.1, -0.05) is 101 Å². The lowest BCUT2D eigenvalue weighted by molar-refractivity contribution is 1.46. The quantitative estimate of drug-likeness (QED) is 0.470. The van der Waals surface area contributed by atoms with E-state index in [0.717, 1.165) is 0 Å². The average molecular weight is 395 g/mol. The summed E-state index contributed by atoms with van der Waals surface area (Å²) in [5.74, 6) is 0. The minimum absolute atomic E-state index is 1.36. The number of hydrogen-bond acceptors (Lipinski definition) is 0. The second-order valence-electron chi connectivity index (χ2n) is 6.50. The van der Waals surface area contributed by atoms with Crippen molar-refractivity contribution < 1.29 is 0 Å². The first-order valence-corrected chi connectivity index (χ1v) is 15.2. The molecule has 0 amide bonds. The molecule has 1 aliphatic heterocycles. The molecule has 1 saturated heterocycles. The summed E-state index contributed by atoms with van der Waals surface area (Å²) in [5.41, 5.74) is 2.72. The van der Waals surface area contributed by atoms with Gasteiger partial charge in [0.05, 0.1) is 0 Å². The fourth-order valence-electron chi connectivity index (χ4n) is 3.94. The van der Waals surface area contributed by atoms with Crippen molar-refractivity contribution >= 4 is 45.6 Å². The Morgan fingerprint density at radius 1 is 0.522 bits per heavy atom. The predicted octanol–water partition coefficient (Wildman–Crippen LogP) is 3.59. The molecule has 3 heteroatoms. The molecule has 114 valence electrons. The zero-order valence-electron chi connectivity index (χ0n) is 13.0. The molecule has 0 aliphatic carbocycles. The SMILES string of the molecule is Br[Si]1(c2ccccc2)C[Si](c2ccccc2)(c2ccccc2)C1. The first-order chi connectivity index (χ1) is 11.2. The summed E-state index contributed by atoms with van der Waals surface area (Å²) in [5, 5.41) is 4.73. The molecule has 3 aromatic carbocycles. The fourth-order valence-corrected chi connectivity index (χ4v) is 28.3. The van der Waals surface area contributed by atoms with Gasteiger partial charge in [-0.25, -0.2) is 0 Å². The maximum absolute atomic E-state index is 4.22. The van der Waals surface area contributed by atoms with Crippen molar-refractivity contribution in [1.82, 2.24) is 0 Å². The van der Waals surface area contributed by atoms with Crippen molar-refractivity contribution in [3.8, 4) is 0 Å². The molecule has 0 atom stereocenters. The van der Waals surface area contributed by atoms with Gasteiger partial charge in [-0.15, -0.1) is 15.3 Å². The zero-order valence-corrected chi connectivity index (χ0v) is 16.5. The van der Waals surface area contributed by atoms with Crippen LogP contribution in [0.1, 0.15) is 0 Å². The number of hydrogen-bond donors (Lipinski definition) is 0. The number of halogens is 1. The van der Waals surface area contributed by atoms with Crippen LogP contribution in [0.25, 0.3) is 0 Å².